The number of carboxylic acids is 1. The van der Waals surface area contributed by atoms with E-state index < -0.39 is 11.6 Å². The molecule has 0 aromatic carbocycles. The van der Waals surface area contributed by atoms with Gasteiger partial charge in [-0.3, -0.25) is 0 Å². The van der Waals surface area contributed by atoms with Gasteiger partial charge in [0.2, 0.25) is 0 Å². The fourth-order valence-electron chi connectivity index (χ4n) is 2.08. The molecule has 1 aliphatic carbocycles. The summed E-state index contributed by atoms with van der Waals surface area (Å²) < 4.78 is 0. The molecule has 0 unspecified atom stereocenters. The Labute approximate surface area is 115 Å². The number of aliphatic carboxylic acids is 1. The van der Waals surface area contributed by atoms with Crippen LogP contribution in [0.4, 0.5) is 0 Å². The molecule has 0 heterocycles. The molecule has 0 spiro atoms. The van der Waals surface area contributed by atoms with Crippen molar-refractivity contribution in [3.05, 3.63) is 23.8 Å². The van der Waals surface area contributed by atoms with Gasteiger partial charge < -0.3 is 10.2 Å². The van der Waals surface area contributed by atoms with Gasteiger partial charge in [-0.1, -0.05) is 38.7 Å². The summed E-state index contributed by atoms with van der Waals surface area (Å²) in [6.45, 7) is 8.16. The number of carboxylic acid groups (broad SMARTS) is 1. The monoisotopic (exact) mass is 262 g/mol. The van der Waals surface area contributed by atoms with Gasteiger partial charge in [-0.2, -0.15) is 0 Å². The van der Waals surface area contributed by atoms with Crippen molar-refractivity contribution in [2.75, 3.05) is 0 Å². The lowest BCUT2D eigenvalue weighted by molar-refractivity contribution is -0.131. The van der Waals surface area contributed by atoms with Crippen LogP contribution in [0.1, 0.15) is 40.5 Å². The molecule has 0 aromatic rings. The molecule has 19 heavy (non-hydrogen) atoms. The lowest BCUT2D eigenvalue weighted by Gasteiger charge is -2.34. The smallest absolute Gasteiger partial charge is 0.329 e. The molecule has 0 fully saturated rings. The molecule has 3 nitrogen and oxygen atoms in total. The van der Waals surface area contributed by atoms with Gasteiger partial charge in [0, 0.05) is 11.6 Å². The van der Waals surface area contributed by atoms with Gasteiger partial charge in [-0.15, -0.1) is 0 Å². The van der Waals surface area contributed by atoms with E-state index in [1.54, 1.807) is 13.0 Å². The number of aliphatic hydroxyl groups is 1. The molecule has 0 saturated carbocycles. The van der Waals surface area contributed by atoms with Crippen LogP contribution in [-0.2, 0) is 4.79 Å². The minimum atomic E-state index is -1.13. The quantitative estimate of drug-likeness (QED) is 0.434. The van der Waals surface area contributed by atoms with Gasteiger partial charge >= 0.3 is 5.97 Å². The van der Waals surface area contributed by atoms with Crippen LogP contribution in [0.15, 0.2) is 23.8 Å². The lowest BCUT2D eigenvalue weighted by atomic mass is 9.73. The fraction of sp³-hybridized carbons (Fsp3) is 0.562. The maximum Gasteiger partial charge on any atom is 0.329 e. The zero-order chi connectivity index (χ0) is 14.7. The molecule has 104 valence electrons. The largest absolute Gasteiger partial charge is 0.478 e. The summed E-state index contributed by atoms with van der Waals surface area (Å²) in [6, 6.07) is 0. The van der Waals surface area contributed by atoms with Crippen molar-refractivity contribution in [3.63, 3.8) is 0 Å². The minimum absolute atomic E-state index is 0.185. The van der Waals surface area contributed by atoms with E-state index in [9.17, 15) is 9.90 Å². The molecule has 1 aliphatic rings. The summed E-state index contributed by atoms with van der Waals surface area (Å²) in [7, 11) is 0. The molecule has 2 atom stereocenters. The summed E-state index contributed by atoms with van der Waals surface area (Å²) in [6.07, 6.45) is 6.27. The van der Waals surface area contributed by atoms with E-state index in [4.69, 9.17) is 5.11 Å². The Hall–Kier alpha value is -1.53. The molecular weight excluding hydrogens is 240 g/mol. The number of carbonyl (C=O) groups is 1. The standard InChI is InChI=1S/C16H22O3/c1-12(11-14(17)18)5-8-16(19)9-6-13(7-10-16)15(2,3)4/h6,9,11,13,19H,7,10H2,1-4H3,(H,17,18)/b12-11-/t13-,16+/m1/s1. The van der Waals surface area contributed by atoms with Crippen molar-refractivity contribution in [2.24, 2.45) is 11.3 Å². The fourth-order valence-corrected chi connectivity index (χ4v) is 2.08. The Kier molecular flexibility index (Phi) is 4.60. The number of rotatable bonds is 1. The molecule has 1 rings (SSSR count). The first-order valence-electron chi connectivity index (χ1n) is 6.48. The number of hydrogen-bond donors (Lipinski definition) is 2. The van der Waals surface area contributed by atoms with Gasteiger partial charge in [0.05, 0.1) is 0 Å². The Morgan fingerprint density at radius 2 is 2.11 bits per heavy atom. The number of hydrogen-bond acceptors (Lipinski definition) is 2. The topological polar surface area (TPSA) is 57.5 Å². The summed E-state index contributed by atoms with van der Waals surface area (Å²) >= 11 is 0. The highest BCUT2D eigenvalue weighted by Gasteiger charge is 2.31. The van der Waals surface area contributed by atoms with Gasteiger partial charge in [0.1, 0.15) is 5.60 Å². The van der Waals surface area contributed by atoms with E-state index in [1.807, 2.05) is 6.08 Å². The van der Waals surface area contributed by atoms with Crippen molar-refractivity contribution in [1.82, 2.24) is 0 Å². The van der Waals surface area contributed by atoms with Crippen molar-refractivity contribution in [2.45, 2.75) is 46.1 Å². The van der Waals surface area contributed by atoms with Crippen molar-refractivity contribution < 1.29 is 15.0 Å². The van der Waals surface area contributed by atoms with Crippen LogP contribution >= 0.6 is 0 Å². The van der Waals surface area contributed by atoms with Gasteiger partial charge in [0.25, 0.3) is 0 Å². The molecule has 0 radical (unpaired) electrons. The molecule has 0 aromatic heterocycles. The Bertz CT molecular complexity index is 468. The lowest BCUT2D eigenvalue weighted by Crippen LogP contribution is -2.31. The van der Waals surface area contributed by atoms with Crippen LogP contribution in [-0.4, -0.2) is 21.8 Å². The average Bonchev–Trinajstić information content (AvgIpc) is 2.25. The Balaban J connectivity index is 2.82. The van der Waals surface area contributed by atoms with E-state index in [2.05, 4.69) is 32.6 Å². The molecule has 0 amide bonds. The molecule has 2 N–H and O–H groups in total. The third-order valence-electron chi connectivity index (χ3n) is 3.37. The van der Waals surface area contributed by atoms with E-state index >= 15 is 0 Å². The molecular formula is C16H22O3. The molecule has 0 saturated heterocycles. The SMILES string of the molecule is C/C(C#C[C@]1(O)C=C[C@@H](C(C)(C)C)CC1)=C/C(=O)O. The van der Waals surface area contributed by atoms with E-state index in [1.165, 1.54) is 0 Å². The van der Waals surface area contributed by atoms with Crippen LogP contribution in [0.2, 0.25) is 0 Å². The maximum absolute atomic E-state index is 10.5. The summed E-state index contributed by atoms with van der Waals surface area (Å²) in [5.41, 5.74) is -0.507. The van der Waals surface area contributed by atoms with Crippen LogP contribution < -0.4 is 0 Å². The second-order valence-electron chi connectivity index (χ2n) is 6.21. The van der Waals surface area contributed by atoms with Crippen LogP contribution in [0.25, 0.3) is 0 Å². The third-order valence-corrected chi connectivity index (χ3v) is 3.37. The van der Waals surface area contributed by atoms with E-state index in [0.29, 0.717) is 17.9 Å². The normalized spacial score (nSPS) is 27.6. The van der Waals surface area contributed by atoms with Gasteiger partial charge in [-0.05, 0) is 37.2 Å². The average molecular weight is 262 g/mol. The highest BCUT2D eigenvalue weighted by Crippen LogP contribution is 2.36. The van der Waals surface area contributed by atoms with E-state index in [-0.39, 0.29) is 5.41 Å². The number of allylic oxidation sites excluding steroid dienone is 2. The van der Waals surface area contributed by atoms with Crippen molar-refractivity contribution in [1.29, 1.82) is 0 Å². The zero-order valence-electron chi connectivity index (χ0n) is 12.0. The molecule has 3 heteroatoms. The highest BCUT2D eigenvalue weighted by atomic mass is 16.4. The first-order valence-corrected chi connectivity index (χ1v) is 6.48. The predicted octanol–water partition coefficient (Wildman–Crippen LogP) is 2.76. The second kappa shape index (κ2) is 5.63. The van der Waals surface area contributed by atoms with Crippen LogP contribution in [0, 0.1) is 23.2 Å². The first-order chi connectivity index (χ1) is 8.62. The molecule has 0 bridgehead atoms. The minimum Gasteiger partial charge on any atom is -0.478 e. The maximum atomic E-state index is 10.5. The van der Waals surface area contributed by atoms with Crippen molar-refractivity contribution in [3.8, 4) is 11.8 Å². The predicted molar refractivity (Wildman–Crippen MR) is 75.4 cm³/mol. The summed E-state index contributed by atoms with van der Waals surface area (Å²) in [5.74, 6) is 4.88. The Morgan fingerprint density at radius 1 is 1.47 bits per heavy atom. The van der Waals surface area contributed by atoms with Gasteiger partial charge in [-0.25, -0.2) is 4.79 Å². The Morgan fingerprint density at radius 3 is 2.53 bits per heavy atom. The zero-order valence-corrected chi connectivity index (χ0v) is 12.0. The van der Waals surface area contributed by atoms with Gasteiger partial charge in [0.15, 0.2) is 0 Å². The van der Waals surface area contributed by atoms with Crippen molar-refractivity contribution >= 4 is 5.97 Å². The van der Waals surface area contributed by atoms with Crippen LogP contribution in [0.3, 0.4) is 0 Å². The van der Waals surface area contributed by atoms with Crippen LogP contribution in [0.5, 0.6) is 0 Å². The molecule has 0 aliphatic heterocycles. The summed E-state index contributed by atoms with van der Waals surface area (Å²) in [4.78, 5) is 10.5. The third kappa shape index (κ3) is 4.92. The first kappa shape index (κ1) is 15.5. The van der Waals surface area contributed by atoms with E-state index in [0.717, 1.165) is 12.5 Å². The summed E-state index contributed by atoms with van der Waals surface area (Å²) in [5, 5.41) is 18.9. The highest BCUT2D eigenvalue weighted by molar-refractivity contribution is 5.81. The second-order valence-corrected chi connectivity index (χ2v) is 6.21.